The van der Waals surface area contributed by atoms with Crippen LogP contribution in [0.15, 0.2) is 73.1 Å². The fraction of sp³-hybridized carbons (Fsp3) is 0.343. The third-order valence-corrected chi connectivity index (χ3v) is 9.73. The standard InChI is InChI=1S/C35H37Cl2N3O6S/c1-40-15-7-10-24(21-40)45-35(42)33(22-8-5-4-6-9-22)39-18-25-12-14-32(47-25)34(41)46-30(17-26-27(36)19-38-20-28(26)37)23-11-13-29(43-2)31(16-23)44-3/h4-6,8-9,11-14,16,19-20,24,30,33,39H,7,10,15,17-18,21H2,1-3H3/p+1/t24-,30+,33?/m1/s1. The monoisotopic (exact) mass is 698 g/mol. The molecule has 0 bridgehead atoms. The second-order valence-electron chi connectivity index (χ2n) is 11.3. The van der Waals surface area contributed by atoms with Gasteiger partial charge >= 0.3 is 11.9 Å². The van der Waals surface area contributed by atoms with Crippen molar-refractivity contribution in [2.45, 2.75) is 44.1 Å². The van der Waals surface area contributed by atoms with Crippen LogP contribution < -0.4 is 19.8 Å². The van der Waals surface area contributed by atoms with Crippen molar-refractivity contribution in [1.29, 1.82) is 0 Å². The van der Waals surface area contributed by atoms with E-state index in [1.807, 2.05) is 49.5 Å². The summed E-state index contributed by atoms with van der Waals surface area (Å²) in [7, 11) is 5.13. The zero-order valence-corrected chi connectivity index (χ0v) is 28.8. The molecule has 12 heteroatoms. The number of hydrogen-bond acceptors (Lipinski definition) is 9. The van der Waals surface area contributed by atoms with E-state index >= 15 is 0 Å². The second-order valence-corrected chi connectivity index (χ2v) is 13.3. The lowest BCUT2D eigenvalue weighted by molar-refractivity contribution is -0.377. The Labute approximate surface area is 288 Å². The quantitative estimate of drug-likeness (QED) is 0.158. The molecular weight excluding hydrogens is 661 g/mol. The highest BCUT2D eigenvalue weighted by molar-refractivity contribution is 7.13. The summed E-state index contributed by atoms with van der Waals surface area (Å²) in [4.78, 5) is 33.3. The van der Waals surface area contributed by atoms with Crippen LogP contribution in [0, 0.1) is 0 Å². The third kappa shape index (κ3) is 9.03. The molecule has 0 aliphatic carbocycles. The maximum atomic E-state index is 13.6. The first-order valence-electron chi connectivity index (χ1n) is 15.3. The molecule has 3 atom stereocenters. The minimum absolute atomic E-state index is 0.144. The van der Waals surface area contributed by atoms with Crippen LogP contribution >= 0.6 is 34.5 Å². The lowest BCUT2D eigenvalue weighted by Gasteiger charge is -2.30. The number of benzene rings is 2. The first-order valence-corrected chi connectivity index (χ1v) is 16.9. The number of piperidine rings is 1. The van der Waals surface area contributed by atoms with E-state index < -0.39 is 18.1 Å². The van der Waals surface area contributed by atoms with Gasteiger partial charge in [0.1, 0.15) is 33.2 Å². The number of carbonyl (C=O) groups excluding carboxylic acids is 2. The van der Waals surface area contributed by atoms with Crippen LogP contribution in [0.3, 0.4) is 0 Å². The van der Waals surface area contributed by atoms with E-state index in [4.69, 9.17) is 42.1 Å². The number of likely N-dealkylation sites (N-methyl/N-ethyl adjacent to an activating group) is 1. The van der Waals surface area contributed by atoms with Gasteiger partial charge in [0.2, 0.25) is 0 Å². The Balaban J connectivity index is 1.31. The molecule has 1 fully saturated rings. The summed E-state index contributed by atoms with van der Waals surface area (Å²) >= 11 is 14.2. The maximum Gasteiger partial charge on any atom is 0.348 e. The van der Waals surface area contributed by atoms with Gasteiger partial charge in [-0.2, -0.15) is 0 Å². The molecule has 2 aromatic heterocycles. The van der Waals surface area contributed by atoms with Crippen molar-refractivity contribution in [1.82, 2.24) is 10.2 Å². The molecule has 2 N–H and O–H groups in total. The molecule has 0 saturated carbocycles. The summed E-state index contributed by atoms with van der Waals surface area (Å²) in [5.41, 5.74) is 2.13. The van der Waals surface area contributed by atoms with Crippen molar-refractivity contribution < 1.29 is 33.5 Å². The molecular formula is C35H38Cl2N3O6S+. The van der Waals surface area contributed by atoms with Gasteiger partial charge < -0.3 is 23.8 Å². The van der Waals surface area contributed by atoms with Gasteiger partial charge in [0, 0.05) is 30.0 Å². The van der Waals surface area contributed by atoms with E-state index in [-0.39, 0.29) is 18.5 Å². The zero-order valence-electron chi connectivity index (χ0n) is 26.5. The molecule has 5 rings (SSSR count). The smallest absolute Gasteiger partial charge is 0.348 e. The Morgan fingerprint density at radius 1 is 1.00 bits per heavy atom. The number of H-pyrrole nitrogens is 1. The topological polar surface area (TPSA) is 100 Å². The number of halogens is 2. The van der Waals surface area contributed by atoms with Crippen molar-refractivity contribution in [2.24, 2.45) is 0 Å². The van der Waals surface area contributed by atoms with Gasteiger partial charge in [-0.1, -0.05) is 59.6 Å². The molecule has 47 heavy (non-hydrogen) atoms. The van der Waals surface area contributed by atoms with Crippen LogP contribution in [0.1, 0.15) is 56.2 Å². The number of methoxy groups -OCH3 is 2. The molecule has 1 aliphatic rings. The number of aromatic nitrogens is 1. The molecule has 3 heterocycles. The van der Waals surface area contributed by atoms with Crippen LogP contribution in [-0.4, -0.2) is 57.3 Å². The van der Waals surface area contributed by atoms with Crippen LogP contribution in [0.25, 0.3) is 0 Å². The highest BCUT2D eigenvalue weighted by Crippen LogP contribution is 2.36. The number of carbonyl (C=O) groups is 2. The lowest BCUT2D eigenvalue weighted by atomic mass is 10.0. The summed E-state index contributed by atoms with van der Waals surface area (Å²) in [6.45, 7) is 2.07. The fourth-order valence-electron chi connectivity index (χ4n) is 5.54. The molecule has 1 saturated heterocycles. The summed E-state index contributed by atoms with van der Waals surface area (Å²) in [5.74, 6) is 0.222. The Morgan fingerprint density at radius 3 is 2.45 bits per heavy atom. The first kappa shape index (κ1) is 34.7. The van der Waals surface area contributed by atoms with Crippen molar-refractivity contribution >= 4 is 46.5 Å². The minimum atomic E-state index is -0.737. The number of rotatable bonds is 13. The van der Waals surface area contributed by atoms with Gasteiger partial charge in [0.15, 0.2) is 23.9 Å². The predicted octanol–water partition coefficient (Wildman–Crippen LogP) is 6.50. The molecule has 0 spiro atoms. The molecule has 2 aromatic carbocycles. The van der Waals surface area contributed by atoms with Gasteiger partial charge in [-0.25, -0.2) is 14.6 Å². The molecule has 1 unspecified atom stereocenters. The molecule has 248 valence electrons. The Hall–Kier alpha value is -3.67. The summed E-state index contributed by atoms with van der Waals surface area (Å²) in [6, 6.07) is 17.8. The van der Waals surface area contributed by atoms with Gasteiger partial charge in [-0.15, -0.1) is 11.3 Å². The van der Waals surface area contributed by atoms with Crippen molar-refractivity contribution in [3.05, 3.63) is 110 Å². The van der Waals surface area contributed by atoms with Gasteiger partial charge in [0.05, 0.1) is 14.2 Å². The maximum absolute atomic E-state index is 13.6. The third-order valence-electron chi connectivity index (χ3n) is 7.99. The number of aromatic amines is 1. The van der Waals surface area contributed by atoms with Crippen molar-refractivity contribution in [3.8, 4) is 11.5 Å². The van der Waals surface area contributed by atoms with E-state index in [2.05, 4.69) is 15.2 Å². The minimum Gasteiger partial charge on any atom is -0.493 e. The molecule has 1 aliphatic heterocycles. The SMILES string of the molecule is COc1ccc([C@H](Cc2c(Cl)c[nH+]cc2Cl)OC(=O)c2ccc(CNC(C(=O)O[C@@H]3CCCN(C)C3)c3ccccc3)s2)cc1OC. The lowest BCUT2D eigenvalue weighted by Crippen LogP contribution is -2.40. The van der Waals surface area contributed by atoms with Crippen LogP contribution in [0.5, 0.6) is 11.5 Å². The van der Waals surface area contributed by atoms with E-state index in [1.54, 1.807) is 44.8 Å². The van der Waals surface area contributed by atoms with Crippen LogP contribution in [0.2, 0.25) is 10.0 Å². The molecule has 0 radical (unpaired) electrons. The van der Waals surface area contributed by atoms with Crippen molar-refractivity contribution in [2.75, 3.05) is 34.4 Å². The van der Waals surface area contributed by atoms with Crippen LogP contribution in [-0.2, 0) is 27.2 Å². The number of pyridine rings is 1. The number of likely N-dealkylation sites (tertiary alicyclic amines) is 1. The first-order chi connectivity index (χ1) is 22.7. The summed E-state index contributed by atoms with van der Waals surface area (Å²) < 4.78 is 22.9. The summed E-state index contributed by atoms with van der Waals surface area (Å²) in [6.07, 6.45) is 4.43. The highest BCUT2D eigenvalue weighted by Gasteiger charge is 2.28. The number of hydrogen-bond donors (Lipinski definition) is 1. The highest BCUT2D eigenvalue weighted by atomic mass is 35.5. The Bertz CT molecular complexity index is 1650. The second kappa shape index (κ2) is 16.4. The molecule has 4 aromatic rings. The summed E-state index contributed by atoms with van der Waals surface area (Å²) in [5, 5.41) is 4.20. The molecule has 9 nitrogen and oxygen atoms in total. The van der Waals surface area contributed by atoms with Gasteiger partial charge in [-0.3, -0.25) is 5.32 Å². The van der Waals surface area contributed by atoms with Gasteiger partial charge in [-0.05, 0) is 61.8 Å². The van der Waals surface area contributed by atoms with E-state index in [0.29, 0.717) is 44.1 Å². The molecule has 0 amide bonds. The zero-order chi connectivity index (χ0) is 33.3. The average Bonchev–Trinajstić information content (AvgIpc) is 3.55. The number of esters is 2. The van der Waals surface area contributed by atoms with E-state index in [0.717, 1.165) is 36.4 Å². The fourth-order valence-corrected chi connectivity index (χ4v) is 6.91. The predicted molar refractivity (Wildman–Crippen MR) is 181 cm³/mol. The van der Waals surface area contributed by atoms with E-state index in [9.17, 15) is 9.59 Å². The van der Waals surface area contributed by atoms with Gasteiger partial charge in [0.25, 0.3) is 0 Å². The van der Waals surface area contributed by atoms with E-state index in [1.165, 1.54) is 11.3 Å². The average molecular weight is 700 g/mol. The number of nitrogens with zero attached hydrogens (tertiary/aromatic N) is 1. The number of nitrogens with one attached hydrogen (secondary N) is 2. The Kier molecular flexibility index (Phi) is 12.1. The largest absolute Gasteiger partial charge is 0.493 e. The number of ether oxygens (including phenoxy) is 4. The van der Waals surface area contributed by atoms with Crippen molar-refractivity contribution in [3.63, 3.8) is 0 Å². The normalized spacial score (nSPS) is 16.2. The Morgan fingerprint density at radius 2 is 1.74 bits per heavy atom. The van der Waals surface area contributed by atoms with Crippen LogP contribution in [0.4, 0.5) is 0 Å². The number of thiophene rings is 1.